The highest BCUT2D eigenvalue weighted by Crippen LogP contribution is 2.58. The average Bonchev–Trinajstić information content (AvgIpc) is 2.60. The summed E-state index contributed by atoms with van der Waals surface area (Å²) in [4.78, 5) is 10.6. The van der Waals surface area contributed by atoms with E-state index in [2.05, 4.69) is 5.32 Å². The number of amides is 1. The minimum absolute atomic E-state index is 0.00693. The molecular weight excluding hydrogens is 519 g/mol. The third kappa shape index (κ3) is 10.6. The van der Waals surface area contributed by atoms with Crippen molar-refractivity contribution >= 4 is 46.8 Å². The van der Waals surface area contributed by atoms with Gasteiger partial charge in [0.25, 0.3) is 5.91 Å². The van der Waals surface area contributed by atoms with Crippen LogP contribution in [0.25, 0.3) is 0 Å². The summed E-state index contributed by atoms with van der Waals surface area (Å²) >= 11 is 11.2. The van der Waals surface area contributed by atoms with Gasteiger partial charge in [0.05, 0.1) is 22.1 Å². The molecule has 2 atom stereocenters. The van der Waals surface area contributed by atoms with Crippen LogP contribution in [0.3, 0.4) is 0 Å². The average molecular weight is 550 g/mol. The molecule has 0 heterocycles. The fourth-order valence-electron chi connectivity index (χ4n) is 2.58. The first-order chi connectivity index (χ1) is 14.8. The molecule has 0 saturated carbocycles. The third-order valence-electron chi connectivity index (χ3n) is 3.71. The van der Waals surface area contributed by atoms with Crippen molar-refractivity contribution in [2.75, 3.05) is 12.9 Å². The number of hydrogen-bond donors (Lipinski definition) is 1. The first-order valence-corrected chi connectivity index (χ1v) is 14.1. The van der Waals surface area contributed by atoms with E-state index in [-0.39, 0.29) is 10.5 Å². The molecule has 0 aliphatic carbocycles. The molecule has 0 aromatic heterocycles. The SMILES string of the molecule is CC(C)(C)OP(=O)(O[C@H](c1ccc(S(C)(=O)=O)cc1)[C@@H](CF)NC(=O)C(Cl)Cl)OC(C)(C)C. The normalized spacial score (nSPS) is 15.4. The lowest BCUT2D eigenvalue weighted by molar-refractivity contribution is -0.121. The molecule has 1 aromatic rings. The van der Waals surface area contributed by atoms with Crippen molar-refractivity contribution in [1.82, 2.24) is 5.32 Å². The van der Waals surface area contributed by atoms with E-state index in [0.29, 0.717) is 0 Å². The number of phosphoric ester groups is 1. The van der Waals surface area contributed by atoms with Crippen LogP contribution in [0.2, 0.25) is 0 Å². The maximum Gasteiger partial charge on any atom is 0.476 e. The third-order valence-corrected chi connectivity index (χ3v) is 7.26. The molecule has 0 spiro atoms. The quantitative estimate of drug-likeness (QED) is 0.317. The summed E-state index contributed by atoms with van der Waals surface area (Å²) in [6.07, 6.45) is -0.375. The molecule has 33 heavy (non-hydrogen) atoms. The van der Waals surface area contributed by atoms with Crippen LogP contribution in [0, 0.1) is 0 Å². The van der Waals surface area contributed by atoms with Crippen LogP contribution in [-0.4, -0.2) is 49.3 Å². The van der Waals surface area contributed by atoms with Gasteiger partial charge in [-0.1, -0.05) is 35.3 Å². The van der Waals surface area contributed by atoms with Gasteiger partial charge < -0.3 is 5.32 Å². The molecule has 190 valence electrons. The summed E-state index contributed by atoms with van der Waals surface area (Å²) in [7, 11) is -7.87. The van der Waals surface area contributed by atoms with Gasteiger partial charge in [-0.15, -0.1) is 0 Å². The van der Waals surface area contributed by atoms with Gasteiger partial charge in [-0.25, -0.2) is 17.4 Å². The summed E-state index contributed by atoms with van der Waals surface area (Å²) in [5.74, 6) is -0.898. The molecule has 1 N–H and O–H groups in total. The molecule has 1 rings (SSSR count). The number of benzene rings is 1. The first kappa shape index (κ1) is 30.3. The van der Waals surface area contributed by atoms with Crippen molar-refractivity contribution in [3.8, 4) is 0 Å². The Kier molecular flexibility index (Phi) is 10.4. The second-order valence-corrected chi connectivity index (χ2v) is 13.9. The van der Waals surface area contributed by atoms with E-state index in [1.165, 1.54) is 24.3 Å². The molecule has 1 aromatic carbocycles. The maximum absolute atomic E-state index is 14.1. The predicted molar refractivity (Wildman–Crippen MR) is 126 cm³/mol. The smallest absolute Gasteiger partial charge is 0.345 e. The minimum atomic E-state index is -4.36. The molecule has 0 radical (unpaired) electrons. The number of phosphoric acid groups is 1. The molecule has 0 aliphatic rings. The molecule has 0 aliphatic heterocycles. The van der Waals surface area contributed by atoms with Gasteiger partial charge in [0.1, 0.15) is 12.8 Å². The zero-order valence-electron chi connectivity index (χ0n) is 19.6. The van der Waals surface area contributed by atoms with Crippen molar-refractivity contribution in [2.24, 2.45) is 0 Å². The van der Waals surface area contributed by atoms with E-state index < -0.39 is 58.4 Å². The van der Waals surface area contributed by atoms with Crippen LogP contribution in [0.1, 0.15) is 53.2 Å². The molecule has 0 saturated heterocycles. The second-order valence-electron chi connectivity index (χ2n) is 9.29. The van der Waals surface area contributed by atoms with Gasteiger partial charge in [-0.3, -0.25) is 18.4 Å². The zero-order chi connectivity index (χ0) is 25.8. The van der Waals surface area contributed by atoms with E-state index >= 15 is 0 Å². The molecule has 1 amide bonds. The Morgan fingerprint density at radius 1 is 1.06 bits per heavy atom. The van der Waals surface area contributed by atoms with E-state index in [1.807, 2.05) is 0 Å². The van der Waals surface area contributed by atoms with Gasteiger partial charge in [-0.2, -0.15) is 0 Å². The maximum atomic E-state index is 14.1. The summed E-state index contributed by atoms with van der Waals surface area (Å²) in [6, 6.07) is 3.87. The topological polar surface area (TPSA) is 108 Å². The Morgan fingerprint density at radius 2 is 1.52 bits per heavy atom. The van der Waals surface area contributed by atoms with Gasteiger partial charge in [0.2, 0.25) is 0 Å². The number of sulfone groups is 1. The fraction of sp³-hybridized carbons (Fsp3) is 0.650. The number of hydrogen-bond acceptors (Lipinski definition) is 7. The number of rotatable bonds is 10. The largest absolute Gasteiger partial charge is 0.476 e. The number of alkyl halides is 3. The number of carbonyl (C=O) groups is 1. The Balaban J connectivity index is 3.54. The lowest BCUT2D eigenvalue weighted by atomic mass is 10.0. The van der Waals surface area contributed by atoms with Gasteiger partial charge in [-0.05, 0) is 59.2 Å². The van der Waals surface area contributed by atoms with Crippen molar-refractivity contribution in [3.05, 3.63) is 29.8 Å². The fourth-order valence-corrected chi connectivity index (χ4v) is 5.35. The number of halogens is 3. The van der Waals surface area contributed by atoms with E-state index in [9.17, 15) is 22.2 Å². The van der Waals surface area contributed by atoms with Gasteiger partial charge >= 0.3 is 7.82 Å². The molecule has 0 unspecified atom stereocenters. The van der Waals surface area contributed by atoms with Crippen LogP contribution >= 0.6 is 31.0 Å². The second kappa shape index (κ2) is 11.3. The van der Waals surface area contributed by atoms with Crippen LogP contribution in [-0.2, 0) is 32.8 Å². The summed E-state index contributed by atoms with van der Waals surface area (Å²) < 4.78 is 68.3. The Morgan fingerprint density at radius 3 is 1.85 bits per heavy atom. The monoisotopic (exact) mass is 549 g/mol. The first-order valence-electron chi connectivity index (χ1n) is 9.91. The van der Waals surface area contributed by atoms with Crippen LogP contribution < -0.4 is 5.32 Å². The molecule has 0 bridgehead atoms. The molecular formula is C20H31Cl2FNO7PS. The van der Waals surface area contributed by atoms with E-state index in [4.69, 9.17) is 36.8 Å². The van der Waals surface area contributed by atoms with Crippen LogP contribution in [0.4, 0.5) is 4.39 Å². The number of nitrogens with one attached hydrogen (secondary N) is 1. The number of carbonyl (C=O) groups excluding carboxylic acids is 1. The lowest BCUT2D eigenvalue weighted by Gasteiger charge is -2.35. The summed E-state index contributed by atoms with van der Waals surface area (Å²) in [5, 5.41) is 2.30. The predicted octanol–water partition coefficient (Wildman–Crippen LogP) is 5.14. The van der Waals surface area contributed by atoms with Crippen molar-refractivity contribution in [3.63, 3.8) is 0 Å². The minimum Gasteiger partial charge on any atom is -0.345 e. The Bertz CT molecular complexity index is 940. The highest BCUT2D eigenvalue weighted by molar-refractivity contribution is 7.90. The van der Waals surface area contributed by atoms with Crippen LogP contribution in [0.15, 0.2) is 29.2 Å². The standard InChI is InChI=1S/C20H31Cl2FNO7PS/c1-19(2,3)30-32(26,31-20(4,5)6)29-16(15(12-23)24-18(25)17(21)22)13-8-10-14(11-9-13)33(7,27)28/h8-11,15-17H,12H2,1-7H3,(H,24,25)/t15-,16-/m1/s1. The Labute approximate surface area is 205 Å². The zero-order valence-corrected chi connectivity index (χ0v) is 22.8. The summed E-state index contributed by atoms with van der Waals surface area (Å²) in [6.45, 7) is 8.62. The van der Waals surface area contributed by atoms with Gasteiger partial charge in [0, 0.05) is 6.26 Å². The lowest BCUT2D eigenvalue weighted by Crippen LogP contribution is -2.44. The Hall–Kier alpha value is -0.740. The molecule has 0 fully saturated rings. The van der Waals surface area contributed by atoms with Gasteiger partial charge in [0.15, 0.2) is 14.7 Å². The molecule has 13 heteroatoms. The summed E-state index contributed by atoms with van der Waals surface area (Å²) in [5.41, 5.74) is -1.74. The highest BCUT2D eigenvalue weighted by atomic mass is 35.5. The van der Waals surface area contributed by atoms with E-state index in [0.717, 1.165) is 6.26 Å². The van der Waals surface area contributed by atoms with Crippen LogP contribution in [0.5, 0.6) is 0 Å². The van der Waals surface area contributed by atoms with Crippen molar-refractivity contribution < 1.29 is 35.7 Å². The van der Waals surface area contributed by atoms with Crippen molar-refractivity contribution in [1.29, 1.82) is 0 Å². The highest BCUT2D eigenvalue weighted by Gasteiger charge is 2.42. The van der Waals surface area contributed by atoms with Crippen molar-refractivity contribution in [2.45, 2.75) is 74.6 Å². The van der Waals surface area contributed by atoms with E-state index in [1.54, 1.807) is 41.5 Å². The molecule has 8 nitrogen and oxygen atoms in total.